The summed E-state index contributed by atoms with van der Waals surface area (Å²) in [6.45, 7) is 4.06. The fraction of sp³-hybridized carbons (Fsp3) is 0.400. The maximum atomic E-state index is 13.6. The van der Waals surface area contributed by atoms with Crippen molar-refractivity contribution >= 4 is 34.5 Å². The molecule has 1 aliphatic rings. The molecule has 0 bridgehead atoms. The Labute approximate surface area is 207 Å². The number of carbonyl (C=O) groups excluding carboxylic acids is 2. The average Bonchev–Trinajstić information content (AvgIpc) is 3.24. The van der Waals surface area contributed by atoms with Gasteiger partial charge in [-0.25, -0.2) is 9.36 Å². The van der Waals surface area contributed by atoms with E-state index in [0.29, 0.717) is 23.7 Å². The molecular formula is C25H29N7O4. The van der Waals surface area contributed by atoms with Crippen molar-refractivity contribution in [2.24, 2.45) is 12.8 Å². The number of Topliss-reactive ketones (excluding diaryl/α,β-unsaturated/α-hetero) is 1. The number of hydrogen-bond acceptors (Lipinski definition) is 7. The average molecular weight is 492 g/mol. The van der Waals surface area contributed by atoms with Gasteiger partial charge in [-0.05, 0) is 38.8 Å². The predicted molar refractivity (Wildman–Crippen MR) is 137 cm³/mol. The molecule has 3 heterocycles. The van der Waals surface area contributed by atoms with Gasteiger partial charge >= 0.3 is 5.69 Å². The third-order valence-electron chi connectivity index (χ3n) is 6.25. The number of nitrogens with one attached hydrogen (secondary N) is 1. The lowest BCUT2D eigenvalue weighted by Gasteiger charge is -2.31. The van der Waals surface area contributed by atoms with Crippen LogP contribution >= 0.6 is 0 Å². The van der Waals surface area contributed by atoms with E-state index in [9.17, 15) is 19.2 Å². The molecule has 0 spiro atoms. The van der Waals surface area contributed by atoms with Crippen LogP contribution in [-0.2, 0) is 24.9 Å². The second-order valence-corrected chi connectivity index (χ2v) is 8.83. The molecule has 1 aromatic carbocycles. The molecule has 1 aliphatic heterocycles. The Bertz CT molecular complexity index is 1520. The van der Waals surface area contributed by atoms with Crippen LogP contribution in [0.1, 0.15) is 37.0 Å². The Kier molecular flexibility index (Phi) is 7.07. The van der Waals surface area contributed by atoms with Crippen LogP contribution in [0.2, 0.25) is 0 Å². The lowest BCUT2D eigenvalue weighted by Crippen LogP contribution is -2.44. The van der Waals surface area contributed by atoms with Gasteiger partial charge in [0.25, 0.3) is 5.56 Å². The third-order valence-corrected chi connectivity index (χ3v) is 6.25. The number of aryl methyl sites for hydroxylation is 1. The topological polar surface area (TPSA) is 137 Å². The quantitative estimate of drug-likeness (QED) is 0.382. The summed E-state index contributed by atoms with van der Waals surface area (Å²) in [5.74, 6) is 5.50. The molecule has 36 heavy (non-hydrogen) atoms. The normalized spacial score (nSPS) is 15.4. The summed E-state index contributed by atoms with van der Waals surface area (Å²) < 4.78 is 3.82. The minimum Gasteiger partial charge on any atom is -0.341 e. The molecule has 0 saturated carbocycles. The van der Waals surface area contributed by atoms with Crippen LogP contribution in [0, 0.1) is 11.8 Å². The molecular weight excluding hydrogens is 462 g/mol. The zero-order valence-electron chi connectivity index (χ0n) is 20.6. The van der Waals surface area contributed by atoms with Gasteiger partial charge in [-0.1, -0.05) is 18.1 Å². The van der Waals surface area contributed by atoms with Crippen LogP contribution < -0.4 is 27.2 Å². The van der Waals surface area contributed by atoms with Crippen molar-refractivity contribution < 1.29 is 9.59 Å². The summed E-state index contributed by atoms with van der Waals surface area (Å²) in [5.41, 5.74) is 5.91. The van der Waals surface area contributed by atoms with E-state index < -0.39 is 23.7 Å². The number of hydrogen-bond donors (Lipinski definition) is 2. The molecule has 11 heteroatoms. The Balaban J connectivity index is 1.79. The first-order valence-electron chi connectivity index (χ1n) is 11.7. The van der Waals surface area contributed by atoms with Crippen molar-refractivity contribution in [1.82, 2.24) is 18.7 Å². The number of piperidine rings is 1. The van der Waals surface area contributed by atoms with Crippen molar-refractivity contribution in [1.29, 1.82) is 0 Å². The van der Waals surface area contributed by atoms with E-state index in [0.717, 1.165) is 24.0 Å². The van der Waals surface area contributed by atoms with Crippen LogP contribution in [0.4, 0.5) is 11.6 Å². The number of aromatic nitrogens is 4. The fourth-order valence-electron chi connectivity index (χ4n) is 4.47. The van der Waals surface area contributed by atoms with Gasteiger partial charge in [0.2, 0.25) is 11.9 Å². The van der Waals surface area contributed by atoms with Gasteiger partial charge in [-0.15, -0.1) is 5.92 Å². The lowest BCUT2D eigenvalue weighted by molar-refractivity contribution is -0.116. The van der Waals surface area contributed by atoms with Crippen LogP contribution in [0.5, 0.6) is 0 Å². The van der Waals surface area contributed by atoms with Gasteiger partial charge in [0.05, 0.1) is 12.2 Å². The molecule has 4 rings (SSSR count). The van der Waals surface area contributed by atoms with E-state index in [4.69, 9.17) is 5.73 Å². The van der Waals surface area contributed by atoms with Gasteiger partial charge in [-0.3, -0.25) is 23.5 Å². The number of ketones is 1. The number of benzene rings is 1. The summed E-state index contributed by atoms with van der Waals surface area (Å²) in [6.07, 6.45) is 1.79. The van der Waals surface area contributed by atoms with Gasteiger partial charge in [0, 0.05) is 31.7 Å². The number of anilines is 2. The Hall–Kier alpha value is -4.17. The molecule has 3 N–H and O–H groups in total. The van der Waals surface area contributed by atoms with E-state index in [1.165, 1.54) is 18.5 Å². The van der Waals surface area contributed by atoms with Gasteiger partial charge in [0.15, 0.2) is 16.9 Å². The zero-order chi connectivity index (χ0) is 26.0. The highest BCUT2D eigenvalue weighted by Crippen LogP contribution is 2.23. The molecule has 0 radical (unpaired) electrons. The molecule has 1 fully saturated rings. The minimum absolute atomic E-state index is 0.0219. The van der Waals surface area contributed by atoms with Gasteiger partial charge < -0.3 is 16.0 Å². The molecule has 0 unspecified atom stereocenters. The highest BCUT2D eigenvalue weighted by molar-refractivity contribution is 6.03. The summed E-state index contributed by atoms with van der Waals surface area (Å²) in [5, 5.41) is 2.64. The molecule has 3 aromatic rings. The first kappa shape index (κ1) is 24.9. The van der Waals surface area contributed by atoms with E-state index in [1.807, 2.05) is 4.90 Å². The molecule has 1 saturated heterocycles. The summed E-state index contributed by atoms with van der Waals surface area (Å²) >= 11 is 0. The second-order valence-electron chi connectivity index (χ2n) is 8.83. The Morgan fingerprint density at radius 2 is 1.97 bits per heavy atom. The largest absolute Gasteiger partial charge is 0.341 e. The van der Waals surface area contributed by atoms with Crippen molar-refractivity contribution in [3.8, 4) is 11.8 Å². The van der Waals surface area contributed by atoms with Crippen molar-refractivity contribution in [2.45, 2.75) is 45.8 Å². The number of rotatable bonds is 6. The third kappa shape index (κ3) is 4.67. The summed E-state index contributed by atoms with van der Waals surface area (Å²) in [4.78, 5) is 58.1. The number of carbonyl (C=O) groups is 2. The first-order valence-corrected chi connectivity index (χ1v) is 11.7. The number of amides is 1. The van der Waals surface area contributed by atoms with Gasteiger partial charge in [-0.2, -0.15) is 4.98 Å². The van der Waals surface area contributed by atoms with Crippen LogP contribution in [0.15, 0.2) is 33.9 Å². The predicted octanol–water partition coefficient (Wildman–Crippen LogP) is 0.689. The molecule has 1 atom stereocenters. The summed E-state index contributed by atoms with van der Waals surface area (Å²) in [6, 6.07) is 6.53. The minimum atomic E-state index is -0.671. The van der Waals surface area contributed by atoms with E-state index >= 15 is 0 Å². The number of para-hydroxylation sites is 1. The van der Waals surface area contributed by atoms with Crippen LogP contribution in [-0.4, -0.2) is 49.5 Å². The lowest BCUT2D eigenvalue weighted by atomic mass is 10.1. The molecule has 11 nitrogen and oxygen atoms in total. The fourth-order valence-corrected chi connectivity index (χ4v) is 4.47. The number of fused-ring (bicyclic) bond motifs is 1. The van der Waals surface area contributed by atoms with E-state index in [1.54, 1.807) is 35.8 Å². The standard InChI is InChI=1S/C25H29N7O4/c1-4-5-13-31-21-22(28-24(31)30-12-8-9-17(26)14-30)29(3)25(36)32(23(21)35)15-20(34)27-19-11-7-6-10-18(19)16(2)33/h6-7,10-11,17H,8-9,12-15,26H2,1-3H3,(H,27,34)/t17-/m1/s1. The van der Waals surface area contributed by atoms with E-state index in [-0.39, 0.29) is 29.5 Å². The Morgan fingerprint density at radius 1 is 1.22 bits per heavy atom. The second kappa shape index (κ2) is 10.2. The van der Waals surface area contributed by atoms with E-state index in [2.05, 4.69) is 22.1 Å². The van der Waals surface area contributed by atoms with Crippen molar-refractivity contribution in [3.63, 3.8) is 0 Å². The maximum Gasteiger partial charge on any atom is 0.332 e. The monoisotopic (exact) mass is 491 g/mol. The number of imidazole rings is 1. The highest BCUT2D eigenvalue weighted by atomic mass is 16.2. The SMILES string of the molecule is CC#CCn1c(N2CCC[C@@H](N)C2)nc2c1c(=O)n(CC(=O)Nc1ccccc1C(C)=O)c(=O)n2C. The highest BCUT2D eigenvalue weighted by Gasteiger charge is 2.26. The molecule has 188 valence electrons. The smallest absolute Gasteiger partial charge is 0.332 e. The summed E-state index contributed by atoms with van der Waals surface area (Å²) in [7, 11) is 1.51. The Morgan fingerprint density at radius 3 is 2.67 bits per heavy atom. The maximum absolute atomic E-state index is 13.6. The van der Waals surface area contributed by atoms with Crippen molar-refractivity contribution in [3.05, 3.63) is 50.7 Å². The molecule has 1 amide bonds. The zero-order valence-corrected chi connectivity index (χ0v) is 20.6. The number of nitrogens with two attached hydrogens (primary N) is 1. The van der Waals surface area contributed by atoms with Crippen molar-refractivity contribution in [2.75, 3.05) is 23.3 Å². The van der Waals surface area contributed by atoms with Gasteiger partial charge in [0.1, 0.15) is 6.54 Å². The van der Waals surface area contributed by atoms with Crippen LogP contribution in [0.25, 0.3) is 11.2 Å². The molecule has 2 aromatic heterocycles. The van der Waals surface area contributed by atoms with Crippen LogP contribution in [0.3, 0.4) is 0 Å². The number of nitrogens with zero attached hydrogens (tertiary/aromatic N) is 5. The molecule has 0 aliphatic carbocycles. The first-order chi connectivity index (χ1) is 17.2.